The molecular weight excluding hydrogens is 264 g/mol. The lowest BCUT2D eigenvalue weighted by Crippen LogP contribution is -2.30. The molecule has 1 saturated heterocycles. The van der Waals surface area contributed by atoms with Gasteiger partial charge in [-0.05, 0) is 50.4 Å². The van der Waals surface area contributed by atoms with Crippen molar-refractivity contribution in [3.63, 3.8) is 0 Å². The second kappa shape index (κ2) is 9.02. The highest BCUT2D eigenvalue weighted by Crippen LogP contribution is 2.13. The summed E-state index contributed by atoms with van der Waals surface area (Å²) >= 11 is 0. The van der Waals surface area contributed by atoms with Crippen molar-refractivity contribution >= 4 is 18.2 Å². The maximum Gasteiger partial charge on any atom is 0.206 e. The predicted molar refractivity (Wildman–Crippen MR) is 76.8 cm³/mol. The van der Waals surface area contributed by atoms with E-state index >= 15 is 0 Å². The van der Waals surface area contributed by atoms with E-state index in [1.165, 1.54) is 12.8 Å². The van der Waals surface area contributed by atoms with E-state index in [9.17, 15) is 4.79 Å². The summed E-state index contributed by atoms with van der Waals surface area (Å²) in [5.74, 6) is 0.654. The monoisotopic (exact) mass is 284 g/mol. The molecule has 0 bridgehead atoms. The van der Waals surface area contributed by atoms with Gasteiger partial charge in [0.2, 0.25) is 5.78 Å². The van der Waals surface area contributed by atoms with Crippen molar-refractivity contribution < 1.29 is 9.53 Å². The number of halogens is 1. The van der Waals surface area contributed by atoms with E-state index < -0.39 is 0 Å². The molecule has 0 radical (unpaired) electrons. The minimum Gasteiger partial charge on any atom is -0.373 e. The van der Waals surface area contributed by atoms with Gasteiger partial charge in [-0.15, -0.1) is 12.4 Å². The van der Waals surface area contributed by atoms with Crippen LogP contribution >= 0.6 is 12.4 Å². The topological polar surface area (TPSA) is 51.2 Å². The van der Waals surface area contributed by atoms with Crippen LogP contribution in [0.25, 0.3) is 0 Å². The molecule has 1 aliphatic rings. The average molecular weight is 285 g/mol. The lowest BCUT2D eigenvalue weighted by atomic mass is 9.97. The van der Waals surface area contributed by atoms with Gasteiger partial charge in [0.1, 0.15) is 12.3 Å². The Hall–Kier alpha value is -0.970. The van der Waals surface area contributed by atoms with Crippen LogP contribution in [0.4, 0.5) is 0 Å². The lowest BCUT2D eigenvalue weighted by molar-refractivity contribution is 0.0720. The van der Waals surface area contributed by atoms with E-state index in [2.05, 4.69) is 10.3 Å². The molecule has 0 spiro atoms. The number of nitrogens with one attached hydrogen (secondary N) is 1. The molecule has 1 aromatic rings. The normalized spacial score (nSPS) is 18.6. The molecular formula is C14H21ClN2O2. The van der Waals surface area contributed by atoms with E-state index in [1.54, 1.807) is 18.3 Å². The zero-order valence-electron chi connectivity index (χ0n) is 11.0. The molecule has 5 heteroatoms. The molecule has 1 N–H and O–H groups in total. The second-order valence-corrected chi connectivity index (χ2v) is 4.69. The van der Waals surface area contributed by atoms with Gasteiger partial charge in [0.25, 0.3) is 0 Å². The molecule has 1 unspecified atom stereocenters. The highest BCUT2D eigenvalue weighted by Gasteiger charge is 2.13. The molecule has 0 saturated carbocycles. The minimum atomic E-state index is -0.0441. The van der Waals surface area contributed by atoms with E-state index in [-0.39, 0.29) is 24.8 Å². The standard InChI is InChI=1S/C14H20N2O2.ClH/c17-14(13-5-1-2-8-16-13)11-18-9-6-12-4-3-7-15-10-12;/h1-2,5,8,12,15H,3-4,6-7,9-11H2;1H. The molecule has 0 aliphatic carbocycles. The van der Waals surface area contributed by atoms with Crippen LogP contribution in [0.1, 0.15) is 29.8 Å². The first-order chi connectivity index (χ1) is 8.86. The SMILES string of the molecule is Cl.O=C(COCCC1CCCNC1)c1ccccn1. The summed E-state index contributed by atoms with van der Waals surface area (Å²) in [6.07, 6.45) is 5.17. The van der Waals surface area contributed by atoms with Crippen molar-refractivity contribution in [2.24, 2.45) is 5.92 Å². The molecule has 19 heavy (non-hydrogen) atoms. The summed E-state index contributed by atoms with van der Waals surface area (Å²) in [7, 11) is 0. The van der Waals surface area contributed by atoms with Crippen molar-refractivity contribution in [3.05, 3.63) is 30.1 Å². The third-order valence-electron chi connectivity index (χ3n) is 3.25. The third kappa shape index (κ3) is 5.68. The molecule has 0 amide bonds. The second-order valence-electron chi connectivity index (χ2n) is 4.69. The fourth-order valence-corrected chi connectivity index (χ4v) is 2.19. The number of ketones is 1. The predicted octanol–water partition coefficient (Wildman–Crippen LogP) is 2.09. The maximum absolute atomic E-state index is 11.7. The van der Waals surface area contributed by atoms with E-state index in [0.717, 1.165) is 19.5 Å². The number of nitrogens with zero attached hydrogens (tertiary/aromatic N) is 1. The largest absolute Gasteiger partial charge is 0.373 e. The average Bonchev–Trinajstić information content (AvgIpc) is 2.45. The van der Waals surface area contributed by atoms with Gasteiger partial charge in [-0.3, -0.25) is 9.78 Å². The Labute approximate surface area is 120 Å². The fraction of sp³-hybridized carbons (Fsp3) is 0.571. The zero-order chi connectivity index (χ0) is 12.6. The van der Waals surface area contributed by atoms with Gasteiger partial charge in [-0.2, -0.15) is 0 Å². The van der Waals surface area contributed by atoms with Crippen LogP contribution in [0.15, 0.2) is 24.4 Å². The lowest BCUT2D eigenvalue weighted by Gasteiger charge is -2.22. The van der Waals surface area contributed by atoms with Gasteiger partial charge < -0.3 is 10.1 Å². The molecule has 1 atom stereocenters. The Morgan fingerprint density at radius 2 is 2.37 bits per heavy atom. The number of aromatic nitrogens is 1. The first-order valence-corrected chi connectivity index (χ1v) is 6.59. The number of carbonyl (C=O) groups excluding carboxylic acids is 1. The zero-order valence-corrected chi connectivity index (χ0v) is 11.8. The Bertz CT molecular complexity index is 367. The quantitative estimate of drug-likeness (QED) is 0.642. The van der Waals surface area contributed by atoms with Crippen molar-refractivity contribution in [2.45, 2.75) is 19.3 Å². The van der Waals surface area contributed by atoms with Gasteiger partial charge in [0.15, 0.2) is 0 Å². The van der Waals surface area contributed by atoms with Crippen LogP contribution in [-0.2, 0) is 4.74 Å². The smallest absolute Gasteiger partial charge is 0.206 e. The number of piperidine rings is 1. The first kappa shape index (κ1) is 16.1. The summed E-state index contributed by atoms with van der Waals surface area (Å²) < 4.78 is 5.44. The van der Waals surface area contributed by atoms with Crippen LogP contribution < -0.4 is 5.32 Å². The van der Waals surface area contributed by atoms with Crippen molar-refractivity contribution in [1.29, 1.82) is 0 Å². The number of rotatable bonds is 6. The van der Waals surface area contributed by atoms with Crippen LogP contribution in [0.2, 0.25) is 0 Å². The number of pyridine rings is 1. The van der Waals surface area contributed by atoms with Gasteiger partial charge in [0.05, 0.1) is 0 Å². The molecule has 4 nitrogen and oxygen atoms in total. The van der Waals surface area contributed by atoms with Crippen LogP contribution in [-0.4, -0.2) is 37.1 Å². The Morgan fingerprint density at radius 3 is 3.05 bits per heavy atom. The van der Waals surface area contributed by atoms with Crippen LogP contribution in [0.3, 0.4) is 0 Å². The fourth-order valence-electron chi connectivity index (χ4n) is 2.19. The third-order valence-corrected chi connectivity index (χ3v) is 3.25. The minimum absolute atomic E-state index is 0. The summed E-state index contributed by atoms with van der Waals surface area (Å²) in [5.41, 5.74) is 0.483. The van der Waals surface area contributed by atoms with Crippen molar-refractivity contribution in [2.75, 3.05) is 26.3 Å². The maximum atomic E-state index is 11.7. The van der Waals surface area contributed by atoms with Gasteiger partial charge in [-0.25, -0.2) is 0 Å². The number of carbonyl (C=O) groups is 1. The molecule has 2 heterocycles. The molecule has 106 valence electrons. The Kier molecular flexibility index (Phi) is 7.63. The van der Waals surface area contributed by atoms with Gasteiger partial charge in [0, 0.05) is 12.8 Å². The van der Waals surface area contributed by atoms with Crippen molar-refractivity contribution in [3.8, 4) is 0 Å². The van der Waals surface area contributed by atoms with Crippen LogP contribution in [0.5, 0.6) is 0 Å². The number of hydrogen-bond acceptors (Lipinski definition) is 4. The molecule has 0 aromatic carbocycles. The van der Waals surface area contributed by atoms with E-state index in [0.29, 0.717) is 18.2 Å². The van der Waals surface area contributed by atoms with Crippen molar-refractivity contribution in [1.82, 2.24) is 10.3 Å². The number of hydrogen-bond donors (Lipinski definition) is 1. The van der Waals surface area contributed by atoms with Gasteiger partial charge in [-0.1, -0.05) is 6.07 Å². The molecule has 2 rings (SSSR count). The summed E-state index contributed by atoms with van der Waals surface area (Å²) in [6.45, 7) is 3.01. The highest BCUT2D eigenvalue weighted by atomic mass is 35.5. The van der Waals surface area contributed by atoms with Gasteiger partial charge >= 0.3 is 0 Å². The van der Waals surface area contributed by atoms with Crippen LogP contribution in [0, 0.1) is 5.92 Å². The Balaban J connectivity index is 0.00000180. The van der Waals surface area contributed by atoms with E-state index in [4.69, 9.17) is 4.74 Å². The molecule has 1 aromatic heterocycles. The molecule has 1 fully saturated rings. The summed E-state index contributed by atoms with van der Waals surface area (Å²) in [4.78, 5) is 15.7. The number of Topliss-reactive ketones (excluding diaryl/α,β-unsaturated/α-hetero) is 1. The summed E-state index contributed by atoms with van der Waals surface area (Å²) in [5, 5.41) is 3.38. The number of ether oxygens (including phenoxy) is 1. The Morgan fingerprint density at radius 1 is 1.47 bits per heavy atom. The van der Waals surface area contributed by atoms with E-state index in [1.807, 2.05) is 6.07 Å². The molecule has 1 aliphatic heterocycles. The summed E-state index contributed by atoms with van der Waals surface area (Å²) in [6, 6.07) is 5.33. The highest BCUT2D eigenvalue weighted by molar-refractivity contribution is 5.95. The first-order valence-electron chi connectivity index (χ1n) is 6.59.